The Morgan fingerprint density at radius 3 is 2.93 bits per heavy atom. The van der Waals surface area contributed by atoms with Crippen molar-refractivity contribution in [3.05, 3.63) is 65.2 Å². The number of anilines is 2. The van der Waals surface area contributed by atoms with Crippen LogP contribution in [-0.4, -0.2) is 29.9 Å². The van der Waals surface area contributed by atoms with Gasteiger partial charge in [0.15, 0.2) is 5.82 Å². The maximum Gasteiger partial charge on any atom is 0.247 e. The number of aryl methyl sites for hydroxylation is 1. The predicted molar refractivity (Wildman–Crippen MR) is 104 cm³/mol. The third-order valence-electron chi connectivity index (χ3n) is 4.49. The molecular weight excluding hydrogens is 342 g/mol. The largest absolute Gasteiger partial charge is 0.337 e. The van der Waals surface area contributed by atoms with E-state index >= 15 is 0 Å². The number of rotatable bonds is 3. The zero-order valence-electron chi connectivity index (χ0n) is 14.4. The monoisotopic (exact) mass is 357 g/mol. The van der Waals surface area contributed by atoms with E-state index < -0.39 is 0 Å². The molecule has 0 atom stereocenters. The predicted octanol–water partition coefficient (Wildman–Crippen LogP) is 2.94. The molecule has 4 aromatic heterocycles. The fraction of sp³-hybridized carbons (Fsp3) is 0.0526. The van der Waals surface area contributed by atoms with Crippen molar-refractivity contribution in [1.29, 1.82) is 0 Å². The quantitative estimate of drug-likeness (QED) is 0.460. The minimum atomic E-state index is -0.134. The molecule has 8 nitrogen and oxygen atoms in total. The lowest BCUT2D eigenvalue weighted by Crippen LogP contribution is -2.01. The van der Waals surface area contributed by atoms with Crippen molar-refractivity contribution in [2.75, 3.05) is 5.32 Å². The second-order valence-corrected chi connectivity index (χ2v) is 6.24. The molecule has 5 rings (SSSR count). The van der Waals surface area contributed by atoms with Gasteiger partial charge in [-0.15, -0.1) is 0 Å². The molecule has 0 aliphatic carbocycles. The average Bonchev–Trinajstić information content (AvgIpc) is 3.24. The number of benzene rings is 1. The standard InChI is InChI=1S/C19H15N7O/c1-26-15-9-12(22-19-18-14(23-24-19)3-2-8-20-18)5-6-13(15)17(25-26)11-4-7-16(27)21-10-11/h2-10H,1H3,(H,21,27)(H2,22,23,24). The summed E-state index contributed by atoms with van der Waals surface area (Å²) in [5.41, 5.74) is 5.07. The molecule has 0 amide bonds. The van der Waals surface area contributed by atoms with Crippen molar-refractivity contribution in [3.8, 4) is 11.3 Å². The summed E-state index contributed by atoms with van der Waals surface area (Å²) < 4.78 is 1.82. The third-order valence-corrected chi connectivity index (χ3v) is 4.49. The molecule has 0 aliphatic heterocycles. The van der Waals surface area contributed by atoms with Gasteiger partial charge in [-0.2, -0.15) is 10.2 Å². The molecule has 0 saturated heterocycles. The highest BCUT2D eigenvalue weighted by molar-refractivity contribution is 5.96. The fourth-order valence-electron chi connectivity index (χ4n) is 3.18. The Morgan fingerprint density at radius 2 is 2.07 bits per heavy atom. The van der Waals surface area contributed by atoms with E-state index in [0.717, 1.165) is 38.9 Å². The zero-order chi connectivity index (χ0) is 18.4. The van der Waals surface area contributed by atoms with Crippen LogP contribution in [-0.2, 0) is 7.05 Å². The van der Waals surface area contributed by atoms with Gasteiger partial charge in [0.25, 0.3) is 0 Å². The molecule has 132 valence electrons. The van der Waals surface area contributed by atoms with Gasteiger partial charge in [-0.05, 0) is 36.4 Å². The van der Waals surface area contributed by atoms with Crippen LogP contribution in [0.1, 0.15) is 0 Å². The molecule has 0 fully saturated rings. The Morgan fingerprint density at radius 1 is 1.15 bits per heavy atom. The van der Waals surface area contributed by atoms with Gasteiger partial charge >= 0.3 is 0 Å². The number of H-pyrrole nitrogens is 2. The maximum absolute atomic E-state index is 11.3. The van der Waals surface area contributed by atoms with Crippen molar-refractivity contribution in [2.45, 2.75) is 0 Å². The van der Waals surface area contributed by atoms with E-state index in [1.807, 2.05) is 42.1 Å². The topological polar surface area (TPSA) is 104 Å². The molecule has 4 heterocycles. The normalized spacial score (nSPS) is 11.3. The first-order chi connectivity index (χ1) is 13.2. The van der Waals surface area contributed by atoms with Gasteiger partial charge in [0.2, 0.25) is 5.56 Å². The molecule has 0 spiro atoms. The summed E-state index contributed by atoms with van der Waals surface area (Å²) in [6.45, 7) is 0. The van der Waals surface area contributed by atoms with Gasteiger partial charge in [0, 0.05) is 42.1 Å². The minimum absolute atomic E-state index is 0.134. The summed E-state index contributed by atoms with van der Waals surface area (Å²) in [5, 5.41) is 16.2. The molecule has 0 bridgehead atoms. The second-order valence-electron chi connectivity index (χ2n) is 6.24. The third kappa shape index (κ3) is 2.54. The number of hydrogen-bond donors (Lipinski definition) is 3. The molecule has 0 unspecified atom stereocenters. The van der Waals surface area contributed by atoms with Crippen LogP contribution in [0.15, 0.2) is 59.7 Å². The van der Waals surface area contributed by atoms with E-state index in [1.165, 1.54) is 6.07 Å². The van der Waals surface area contributed by atoms with Crippen molar-refractivity contribution in [1.82, 2.24) is 29.9 Å². The van der Waals surface area contributed by atoms with Crippen LogP contribution >= 0.6 is 0 Å². The molecule has 8 heteroatoms. The van der Waals surface area contributed by atoms with Crippen LogP contribution in [0.3, 0.4) is 0 Å². The Balaban J connectivity index is 1.57. The summed E-state index contributed by atoms with van der Waals surface area (Å²) in [6, 6.07) is 13.1. The number of nitrogens with zero attached hydrogens (tertiary/aromatic N) is 4. The molecule has 0 radical (unpaired) electrons. The van der Waals surface area contributed by atoms with E-state index in [4.69, 9.17) is 0 Å². The smallest absolute Gasteiger partial charge is 0.247 e. The Hall–Kier alpha value is -3.94. The second kappa shape index (κ2) is 5.80. The number of aromatic amines is 2. The molecule has 3 N–H and O–H groups in total. The number of aromatic nitrogens is 6. The van der Waals surface area contributed by atoms with Crippen LogP contribution in [0.25, 0.3) is 33.2 Å². The summed E-state index contributed by atoms with van der Waals surface area (Å²) in [7, 11) is 1.90. The van der Waals surface area contributed by atoms with Gasteiger partial charge in [0.1, 0.15) is 11.2 Å². The first-order valence-corrected chi connectivity index (χ1v) is 8.41. The summed E-state index contributed by atoms with van der Waals surface area (Å²) in [5.74, 6) is 0.674. The lowest BCUT2D eigenvalue weighted by Gasteiger charge is -2.04. The summed E-state index contributed by atoms with van der Waals surface area (Å²) >= 11 is 0. The van der Waals surface area contributed by atoms with Gasteiger partial charge in [-0.25, -0.2) is 0 Å². The number of hydrogen-bond acceptors (Lipinski definition) is 5. The first kappa shape index (κ1) is 15.3. The number of fused-ring (bicyclic) bond motifs is 2. The minimum Gasteiger partial charge on any atom is -0.337 e. The highest BCUT2D eigenvalue weighted by Crippen LogP contribution is 2.30. The SMILES string of the molecule is Cn1nc(-c2ccc(=O)[nH]c2)c2ccc(Nc3n[nH]c4cccnc34)cc21. The van der Waals surface area contributed by atoms with Crippen LogP contribution < -0.4 is 10.9 Å². The Labute approximate surface area is 152 Å². The molecular formula is C19H15N7O. The van der Waals surface area contributed by atoms with Gasteiger partial charge in [-0.1, -0.05) is 0 Å². The van der Waals surface area contributed by atoms with E-state index in [1.54, 1.807) is 18.5 Å². The van der Waals surface area contributed by atoms with Crippen molar-refractivity contribution < 1.29 is 0 Å². The van der Waals surface area contributed by atoms with Gasteiger partial charge in [0.05, 0.1) is 11.0 Å². The van der Waals surface area contributed by atoms with E-state index in [-0.39, 0.29) is 5.56 Å². The molecule has 0 aliphatic rings. The van der Waals surface area contributed by atoms with E-state index in [9.17, 15) is 4.79 Å². The van der Waals surface area contributed by atoms with Crippen LogP contribution in [0, 0.1) is 0 Å². The average molecular weight is 357 g/mol. The zero-order valence-corrected chi connectivity index (χ0v) is 14.4. The molecule has 1 aromatic carbocycles. The van der Waals surface area contributed by atoms with Crippen molar-refractivity contribution in [2.24, 2.45) is 7.05 Å². The molecule has 0 saturated carbocycles. The van der Waals surface area contributed by atoms with Crippen LogP contribution in [0.4, 0.5) is 11.5 Å². The van der Waals surface area contributed by atoms with Crippen molar-refractivity contribution >= 4 is 33.4 Å². The molecule has 27 heavy (non-hydrogen) atoms. The Kier molecular flexibility index (Phi) is 3.29. The van der Waals surface area contributed by atoms with Gasteiger partial charge < -0.3 is 10.3 Å². The van der Waals surface area contributed by atoms with Gasteiger partial charge in [-0.3, -0.25) is 19.6 Å². The lowest BCUT2D eigenvalue weighted by atomic mass is 10.1. The molecule has 5 aromatic rings. The first-order valence-electron chi connectivity index (χ1n) is 8.41. The Bertz CT molecular complexity index is 1320. The maximum atomic E-state index is 11.3. The highest BCUT2D eigenvalue weighted by Gasteiger charge is 2.13. The number of pyridine rings is 2. The highest BCUT2D eigenvalue weighted by atomic mass is 16.1. The lowest BCUT2D eigenvalue weighted by molar-refractivity contribution is 0.800. The summed E-state index contributed by atoms with van der Waals surface area (Å²) in [4.78, 5) is 18.4. The number of nitrogens with one attached hydrogen (secondary N) is 3. The van der Waals surface area contributed by atoms with Crippen molar-refractivity contribution in [3.63, 3.8) is 0 Å². The summed E-state index contributed by atoms with van der Waals surface area (Å²) in [6.07, 6.45) is 3.42. The fourth-order valence-corrected chi connectivity index (χ4v) is 3.18. The van der Waals surface area contributed by atoms with Crippen LogP contribution in [0.2, 0.25) is 0 Å². The van der Waals surface area contributed by atoms with E-state index in [2.05, 4.69) is 30.6 Å². The van der Waals surface area contributed by atoms with Crippen LogP contribution in [0.5, 0.6) is 0 Å². The van der Waals surface area contributed by atoms with E-state index in [0.29, 0.717) is 5.82 Å².